The lowest BCUT2D eigenvalue weighted by atomic mass is 9.88. The first kappa shape index (κ1) is 24.7. The molecule has 2 saturated heterocycles. The van der Waals surface area contributed by atoms with Crippen molar-refractivity contribution in [2.75, 3.05) is 49.7 Å². The number of allylic oxidation sites excluding steroid dienone is 1. The topological polar surface area (TPSA) is 48.4 Å². The van der Waals surface area contributed by atoms with E-state index in [4.69, 9.17) is 9.73 Å². The van der Waals surface area contributed by atoms with Gasteiger partial charge in [0.05, 0.1) is 29.3 Å². The van der Waals surface area contributed by atoms with Gasteiger partial charge in [-0.2, -0.15) is 0 Å². The maximum Gasteiger partial charge on any atom is 0.266 e. The highest BCUT2D eigenvalue weighted by Gasteiger charge is 2.33. The molecule has 3 aliphatic heterocycles. The summed E-state index contributed by atoms with van der Waals surface area (Å²) in [6.07, 6.45) is 4.29. The van der Waals surface area contributed by atoms with Gasteiger partial charge in [0.2, 0.25) is 0 Å². The first-order valence-electron chi connectivity index (χ1n) is 12.6. The standard InChI is InChI=1S/C29H34N4O2S/c1-6-33-27(34)26(18-21-7-12-25-24(17-21)20(2)19-29(3,4)31(25)5)36-28(33)30-22-8-10-23(11-9-22)32-13-15-35-16-14-32/h7-12,17-19H,6,13-16H2,1-5H3/b26-18+,30-28?. The van der Waals surface area contributed by atoms with Crippen LogP contribution in [0, 0.1) is 0 Å². The van der Waals surface area contributed by atoms with Gasteiger partial charge in [-0.15, -0.1) is 0 Å². The normalized spacial score (nSPS) is 21.9. The number of amidine groups is 1. The molecule has 2 aromatic carbocycles. The van der Waals surface area contributed by atoms with Crippen LogP contribution in [0.25, 0.3) is 11.6 Å². The number of morpholine rings is 1. The van der Waals surface area contributed by atoms with Crippen molar-refractivity contribution in [3.05, 3.63) is 64.6 Å². The molecule has 6 nitrogen and oxygen atoms in total. The highest BCUT2D eigenvalue weighted by molar-refractivity contribution is 8.18. The number of ether oxygens (including phenoxy) is 1. The number of hydrogen-bond donors (Lipinski definition) is 0. The van der Waals surface area contributed by atoms with Crippen LogP contribution in [-0.4, -0.2) is 61.4 Å². The van der Waals surface area contributed by atoms with Gasteiger partial charge in [0.1, 0.15) is 0 Å². The number of carbonyl (C=O) groups excluding carboxylic acids is 1. The van der Waals surface area contributed by atoms with Crippen LogP contribution >= 0.6 is 11.8 Å². The zero-order valence-corrected chi connectivity index (χ0v) is 22.6. The van der Waals surface area contributed by atoms with Gasteiger partial charge >= 0.3 is 0 Å². The second-order valence-corrected chi connectivity index (χ2v) is 11.0. The first-order valence-corrected chi connectivity index (χ1v) is 13.4. The van der Waals surface area contributed by atoms with E-state index in [1.54, 1.807) is 4.90 Å². The lowest BCUT2D eigenvalue weighted by Gasteiger charge is -2.40. The third kappa shape index (κ3) is 4.70. The van der Waals surface area contributed by atoms with Crippen molar-refractivity contribution in [3.8, 4) is 0 Å². The molecular formula is C29H34N4O2S. The Labute approximate surface area is 218 Å². The first-order chi connectivity index (χ1) is 17.3. The SMILES string of the molecule is CCN1C(=O)/C(=C\c2ccc3c(c2)C(C)=CC(C)(C)N3C)SC1=Nc1ccc(N2CCOCC2)cc1. The fourth-order valence-electron chi connectivity index (χ4n) is 4.96. The molecule has 3 aliphatic rings. The van der Waals surface area contributed by atoms with Crippen LogP contribution in [0.2, 0.25) is 0 Å². The van der Waals surface area contributed by atoms with Gasteiger partial charge in [0, 0.05) is 43.6 Å². The van der Waals surface area contributed by atoms with Gasteiger partial charge in [-0.05, 0) is 93.1 Å². The van der Waals surface area contributed by atoms with Crippen LogP contribution in [0.3, 0.4) is 0 Å². The van der Waals surface area contributed by atoms with E-state index >= 15 is 0 Å². The molecule has 36 heavy (non-hydrogen) atoms. The van der Waals surface area contributed by atoms with Gasteiger partial charge in [-0.25, -0.2) is 4.99 Å². The minimum Gasteiger partial charge on any atom is -0.378 e. The Morgan fingerprint density at radius 2 is 1.83 bits per heavy atom. The van der Waals surface area contributed by atoms with E-state index in [0.29, 0.717) is 11.4 Å². The molecule has 0 aliphatic carbocycles. The van der Waals surface area contributed by atoms with Crippen LogP contribution in [0.4, 0.5) is 17.1 Å². The number of aliphatic imine (C=N–C) groups is 1. The summed E-state index contributed by atoms with van der Waals surface area (Å²) in [5, 5.41) is 0.725. The van der Waals surface area contributed by atoms with Crippen LogP contribution in [-0.2, 0) is 9.53 Å². The second-order valence-electron chi connectivity index (χ2n) is 9.99. The summed E-state index contributed by atoms with van der Waals surface area (Å²) in [4.78, 5) is 25.1. The fourth-order valence-corrected chi connectivity index (χ4v) is 6.02. The number of benzene rings is 2. The third-order valence-corrected chi connectivity index (χ3v) is 8.20. The van der Waals surface area contributed by atoms with Crippen molar-refractivity contribution < 1.29 is 9.53 Å². The predicted octanol–water partition coefficient (Wildman–Crippen LogP) is 5.78. The van der Waals surface area contributed by atoms with Crippen LogP contribution in [0.5, 0.6) is 0 Å². The lowest BCUT2D eigenvalue weighted by Crippen LogP contribution is -2.42. The summed E-state index contributed by atoms with van der Waals surface area (Å²) in [5.74, 6) is 0.00872. The molecule has 188 valence electrons. The molecule has 0 bridgehead atoms. The van der Waals surface area contributed by atoms with E-state index in [2.05, 4.69) is 74.0 Å². The number of amides is 1. The Balaban J connectivity index is 1.39. The molecule has 0 aromatic heterocycles. The smallest absolute Gasteiger partial charge is 0.266 e. The molecule has 0 atom stereocenters. The Morgan fingerprint density at radius 3 is 2.53 bits per heavy atom. The van der Waals surface area contributed by atoms with Gasteiger partial charge in [-0.3, -0.25) is 9.69 Å². The third-order valence-electron chi connectivity index (χ3n) is 7.19. The summed E-state index contributed by atoms with van der Waals surface area (Å²) >= 11 is 1.45. The molecule has 0 saturated carbocycles. The minimum absolute atomic E-state index is 0.00872. The number of hydrogen-bond acceptors (Lipinski definition) is 6. The monoisotopic (exact) mass is 502 g/mol. The number of likely N-dealkylation sites (N-methyl/N-ethyl adjacent to an activating group) is 2. The van der Waals surface area contributed by atoms with E-state index in [-0.39, 0.29) is 11.4 Å². The Kier molecular flexibility index (Phi) is 6.70. The summed E-state index contributed by atoms with van der Waals surface area (Å²) < 4.78 is 5.45. The van der Waals surface area contributed by atoms with Crippen LogP contribution < -0.4 is 9.80 Å². The second kappa shape index (κ2) is 9.79. The van der Waals surface area contributed by atoms with Crippen molar-refractivity contribution in [2.45, 2.75) is 33.2 Å². The largest absolute Gasteiger partial charge is 0.378 e. The molecule has 0 N–H and O–H groups in total. The van der Waals surface area contributed by atoms with Gasteiger partial charge in [-0.1, -0.05) is 12.1 Å². The number of nitrogens with zero attached hydrogens (tertiary/aromatic N) is 4. The van der Waals surface area contributed by atoms with E-state index in [1.165, 1.54) is 34.3 Å². The van der Waals surface area contributed by atoms with Crippen molar-refractivity contribution >= 4 is 51.5 Å². The summed E-state index contributed by atoms with van der Waals surface area (Å²) in [7, 11) is 2.13. The van der Waals surface area contributed by atoms with Crippen molar-refractivity contribution in [1.82, 2.24) is 4.90 Å². The highest BCUT2D eigenvalue weighted by Crippen LogP contribution is 2.40. The van der Waals surface area contributed by atoms with Crippen LogP contribution in [0.15, 0.2) is 58.4 Å². The molecule has 2 fully saturated rings. The predicted molar refractivity (Wildman–Crippen MR) is 152 cm³/mol. The minimum atomic E-state index is -0.0261. The molecule has 2 aromatic rings. The summed E-state index contributed by atoms with van der Waals surface area (Å²) in [6, 6.07) is 14.7. The molecule has 3 heterocycles. The molecule has 0 radical (unpaired) electrons. The average Bonchev–Trinajstić information content (AvgIpc) is 3.16. The zero-order chi connectivity index (χ0) is 25.4. The molecule has 5 rings (SSSR count). The quantitative estimate of drug-likeness (QED) is 0.496. The molecule has 0 unspecified atom stereocenters. The maximum absolute atomic E-state index is 13.2. The number of fused-ring (bicyclic) bond motifs is 1. The molecule has 1 amide bonds. The van der Waals surface area contributed by atoms with E-state index < -0.39 is 0 Å². The van der Waals surface area contributed by atoms with Gasteiger partial charge in [0.25, 0.3) is 5.91 Å². The molecule has 0 spiro atoms. The highest BCUT2D eigenvalue weighted by atomic mass is 32.2. The van der Waals surface area contributed by atoms with Gasteiger partial charge < -0.3 is 14.5 Å². The number of rotatable bonds is 4. The maximum atomic E-state index is 13.2. The lowest BCUT2D eigenvalue weighted by molar-refractivity contribution is -0.122. The van der Waals surface area contributed by atoms with E-state index in [0.717, 1.165) is 42.7 Å². The number of thioether (sulfide) groups is 1. The van der Waals surface area contributed by atoms with Crippen molar-refractivity contribution in [2.24, 2.45) is 4.99 Å². The molecular weight excluding hydrogens is 468 g/mol. The Hall–Kier alpha value is -3.03. The Morgan fingerprint density at radius 1 is 1.11 bits per heavy atom. The fraction of sp³-hybridized carbons (Fsp3) is 0.379. The van der Waals surface area contributed by atoms with Gasteiger partial charge in [0.15, 0.2) is 5.17 Å². The van der Waals surface area contributed by atoms with Crippen molar-refractivity contribution in [3.63, 3.8) is 0 Å². The number of carbonyl (C=O) groups is 1. The molecule has 7 heteroatoms. The van der Waals surface area contributed by atoms with Crippen molar-refractivity contribution in [1.29, 1.82) is 0 Å². The summed E-state index contributed by atoms with van der Waals surface area (Å²) in [6.45, 7) is 12.5. The zero-order valence-electron chi connectivity index (χ0n) is 21.7. The number of anilines is 2. The van der Waals surface area contributed by atoms with E-state index in [9.17, 15) is 4.79 Å². The average molecular weight is 503 g/mol. The summed E-state index contributed by atoms with van der Waals surface area (Å²) in [5.41, 5.74) is 6.71. The van der Waals surface area contributed by atoms with Crippen LogP contribution in [0.1, 0.15) is 38.8 Å². The van der Waals surface area contributed by atoms with E-state index in [1.807, 2.05) is 25.1 Å². The Bertz CT molecular complexity index is 1260.